The molecule has 0 amide bonds. The second kappa shape index (κ2) is 7.36. The normalized spacial score (nSPS) is 11.8. The molecule has 0 aliphatic heterocycles. The number of nitrogens with zero attached hydrogens (tertiary/aromatic N) is 1. The first-order valence-corrected chi connectivity index (χ1v) is 9.94. The van der Waals surface area contributed by atoms with Crippen LogP contribution < -0.4 is 0 Å². The Morgan fingerprint density at radius 1 is 1.32 bits per heavy atom. The van der Waals surface area contributed by atoms with E-state index in [-0.39, 0.29) is 9.77 Å². The van der Waals surface area contributed by atoms with Gasteiger partial charge in [-0.1, -0.05) is 6.92 Å². The van der Waals surface area contributed by atoms with E-state index in [4.69, 9.17) is 0 Å². The first-order valence-electron chi connectivity index (χ1n) is 6.67. The zero-order valence-corrected chi connectivity index (χ0v) is 14.8. The van der Waals surface area contributed by atoms with Crippen LogP contribution in [0.4, 0.5) is 0 Å². The minimum Gasteiger partial charge on any atom is -0.465 e. The number of carbonyl (C=O) groups excluding carboxylic acids is 1. The molecular weight excluding hydrogens is 342 g/mol. The van der Waals surface area contributed by atoms with Crippen molar-refractivity contribution in [2.45, 2.75) is 24.8 Å². The molecule has 120 valence electrons. The van der Waals surface area contributed by atoms with Gasteiger partial charge in [0, 0.05) is 13.1 Å². The molecule has 0 aromatic carbocycles. The first-order chi connectivity index (χ1) is 10.5. The summed E-state index contributed by atoms with van der Waals surface area (Å²) in [6.45, 7) is 2.62. The molecule has 2 rings (SSSR count). The van der Waals surface area contributed by atoms with Crippen LogP contribution in [0, 0.1) is 0 Å². The Morgan fingerprint density at radius 2 is 2.09 bits per heavy atom. The van der Waals surface area contributed by atoms with Crippen LogP contribution in [0.2, 0.25) is 0 Å². The van der Waals surface area contributed by atoms with E-state index in [2.05, 4.69) is 4.74 Å². The van der Waals surface area contributed by atoms with Crippen LogP contribution in [-0.4, -0.2) is 32.3 Å². The molecule has 0 N–H and O–H groups in total. The minimum absolute atomic E-state index is 0.0213. The van der Waals surface area contributed by atoms with Gasteiger partial charge in [-0.15, -0.1) is 11.3 Å². The summed E-state index contributed by atoms with van der Waals surface area (Å²) in [4.78, 5) is 11.9. The van der Waals surface area contributed by atoms with Gasteiger partial charge in [-0.05, 0) is 40.3 Å². The topological polar surface area (TPSA) is 63.7 Å². The molecule has 8 heteroatoms. The van der Waals surface area contributed by atoms with Gasteiger partial charge in [-0.2, -0.15) is 15.6 Å². The Labute approximate surface area is 138 Å². The Bertz CT molecular complexity index is 719. The van der Waals surface area contributed by atoms with Gasteiger partial charge < -0.3 is 4.74 Å². The van der Waals surface area contributed by atoms with E-state index in [1.165, 1.54) is 28.8 Å². The Hall–Kier alpha value is -1.22. The number of hydrogen-bond donors (Lipinski definition) is 0. The number of methoxy groups -OCH3 is 1. The second-order valence-corrected chi connectivity index (χ2v) is 8.18. The number of ether oxygens (including phenoxy) is 1. The van der Waals surface area contributed by atoms with Crippen molar-refractivity contribution in [1.29, 1.82) is 0 Å². The maximum Gasteiger partial charge on any atom is 0.349 e. The fourth-order valence-electron chi connectivity index (χ4n) is 2.00. The standard InChI is InChI=1S/C14H17NO4S3/c1-3-6-15(9-11-4-7-20-10-11)22(17,18)12-5-8-21-13(12)14(16)19-2/h4-5,7-8,10H,3,6,9H2,1-2H3. The molecule has 2 aromatic rings. The summed E-state index contributed by atoms with van der Waals surface area (Å²) in [6, 6.07) is 3.36. The highest BCUT2D eigenvalue weighted by atomic mass is 32.2. The Balaban J connectivity index is 2.37. The molecule has 0 radical (unpaired) electrons. The lowest BCUT2D eigenvalue weighted by molar-refractivity contribution is 0.0602. The molecule has 0 aliphatic carbocycles. The first kappa shape index (κ1) is 17.1. The fraction of sp³-hybridized carbons (Fsp3) is 0.357. The van der Waals surface area contributed by atoms with E-state index in [1.54, 1.807) is 5.38 Å². The van der Waals surface area contributed by atoms with Gasteiger partial charge in [-0.25, -0.2) is 13.2 Å². The molecule has 22 heavy (non-hydrogen) atoms. The van der Waals surface area contributed by atoms with Crippen molar-refractivity contribution in [3.8, 4) is 0 Å². The summed E-state index contributed by atoms with van der Waals surface area (Å²) < 4.78 is 31.8. The van der Waals surface area contributed by atoms with Crippen molar-refractivity contribution in [2.24, 2.45) is 0 Å². The van der Waals surface area contributed by atoms with Gasteiger partial charge in [0.25, 0.3) is 0 Å². The number of carbonyl (C=O) groups is 1. The lowest BCUT2D eigenvalue weighted by Crippen LogP contribution is -2.32. The van der Waals surface area contributed by atoms with Gasteiger partial charge in [0.2, 0.25) is 10.0 Å². The van der Waals surface area contributed by atoms with Crippen molar-refractivity contribution >= 4 is 38.7 Å². The molecule has 2 aromatic heterocycles. The molecule has 5 nitrogen and oxygen atoms in total. The van der Waals surface area contributed by atoms with Crippen molar-refractivity contribution < 1.29 is 17.9 Å². The molecular formula is C14H17NO4S3. The SMILES string of the molecule is CCCN(Cc1ccsc1)S(=O)(=O)c1ccsc1C(=O)OC. The minimum atomic E-state index is -3.73. The number of hydrogen-bond acceptors (Lipinski definition) is 6. The number of esters is 1. The van der Waals surface area contributed by atoms with Crippen LogP contribution in [0.3, 0.4) is 0 Å². The summed E-state index contributed by atoms with van der Waals surface area (Å²) in [5.74, 6) is -0.624. The van der Waals surface area contributed by atoms with Crippen molar-refractivity contribution in [1.82, 2.24) is 4.31 Å². The molecule has 0 saturated heterocycles. The fourth-order valence-corrected chi connectivity index (χ4v) is 5.49. The summed E-state index contributed by atoms with van der Waals surface area (Å²) in [6.07, 6.45) is 0.695. The molecule has 0 bridgehead atoms. The molecule has 0 fully saturated rings. The molecule has 2 heterocycles. The molecule has 0 atom stereocenters. The predicted octanol–water partition coefficient (Wildman–Crippen LogP) is 3.20. The third-order valence-corrected chi connectivity index (χ3v) is 6.67. The van der Waals surface area contributed by atoms with Crippen molar-refractivity contribution in [3.05, 3.63) is 38.7 Å². The summed E-state index contributed by atoms with van der Waals surface area (Å²) in [5.41, 5.74) is 0.942. The van der Waals surface area contributed by atoms with Crippen LogP contribution >= 0.6 is 22.7 Å². The average molecular weight is 359 g/mol. The van der Waals surface area contributed by atoms with E-state index in [9.17, 15) is 13.2 Å². The third kappa shape index (κ3) is 3.57. The second-order valence-electron chi connectivity index (χ2n) is 4.58. The maximum atomic E-state index is 12.9. The monoisotopic (exact) mass is 359 g/mol. The van der Waals surface area contributed by atoms with E-state index >= 15 is 0 Å². The smallest absolute Gasteiger partial charge is 0.349 e. The molecule has 0 unspecified atom stereocenters. The lowest BCUT2D eigenvalue weighted by Gasteiger charge is -2.21. The number of sulfonamides is 1. The van der Waals surface area contributed by atoms with Gasteiger partial charge >= 0.3 is 5.97 Å². The summed E-state index contributed by atoms with van der Waals surface area (Å²) in [7, 11) is -2.49. The zero-order valence-electron chi connectivity index (χ0n) is 12.3. The van der Waals surface area contributed by atoms with Crippen LogP contribution in [-0.2, 0) is 21.3 Å². The summed E-state index contributed by atoms with van der Waals surface area (Å²) in [5, 5.41) is 5.43. The zero-order chi connectivity index (χ0) is 16.2. The van der Waals surface area contributed by atoms with Crippen LogP contribution in [0.5, 0.6) is 0 Å². The van der Waals surface area contributed by atoms with Gasteiger partial charge in [0.1, 0.15) is 9.77 Å². The molecule has 0 aliphatic rings. The highest BCUT2D eigenvalue weighted by Gasteiger charge is 2.30. The third-order valence-electron chi connectivity index (χ3n) is 3.03. The van der Waals surface area contributed by atoms with Gasteiger partial charge in [0.05, 0.1) is 7.11 Å². The highest BCUT2D eigenvalue weighted by Crippen LogP contribution is 2.27. The quantitative estimate of drug-likeness (QED) is 0.712. The van der Waals surface area contributed by atoms with Gasteiger partial charge in [0.15, 0.2) is 0 Å². The average Bonchev–Trinajstić information content (AvgIpc) is 3.17. The lowest BCUT2D eigenvalue weighted by atomic mass is 10.3. The molecule has 0 saturated carbocycles. The van der Waals surface area contributed by atoms with Crippen LogP contribution in [0.1, 0.15) is 28.6 Å². The van der Waals surface area contributed by atoms with Crippen LogP contribution in [0.15, 0.2) is 33.2 Å². The highest BCUT2D eigenvalue weighted by molar-refractivity contribution is 7.89. The van der Waals surface area contributed by atoms with E-state index in [0.29, 0.717) is 19.5 Å². The summed E-state index contributed by atoms with van der Waals surface area (Å²) >= 11 is 2.60. The number of rotatable bonds is 7. The predicted molar refractivity (Wildman–Crippen MR) is 87.9 cm³/mol. The van der Waals surface area contributed by atoms with E-state index in [0.717, 1.165) is 16.9 Å². The van der Waals surface area contributed by atoms with Crippen molar-refractivity contribution in [3.63, 3.8) is 0 Å². The number of thiophene rings is 2. The Morgan fingerprint density at radius 3 is 2.68 bits per heavy atom. The molecule has 0 spiro atoms. The van der Waals surface area contributed by atoms with Crippen molar-refractivity contribution in [2.75, 3.05) is 13.7 Å². The van der Waals surface area contributed by atoms with E-state index < -0.39 is 16.0 Å². The van der Waals surface area contributed by atoms with Gasteiger partial charge in [-0.3, -0.25) is 0 Å². The van der Waals surface area contributed by atoms with Crippen LogP contribution in [0.25, 0.3) is 0 Å². The largest absolute Gasteiger partial charge is 0.465 e. The van der Waals surface area contributed by atoms with E-state index in [1.807, 2.05) is 23.8 Å². The maximum absolute atomic E-state index is 12.9. The Kier molecular flexibility index (Phi) is 5.74.